The molecule has 0 fully saturated rings. The van der Waals surface area contributed by atoms with Gasteiger partial charge in [0.05, 0.1) is 12.2 Å². The molecule has 1 aromatic rings. The average Bonchev–Trinajstić information content (AvgIpc) is 2.79. The molecule has 0 aliphatic rings. The lowest BCUT2D eigenvalue weighted by Crippen LogP contribution is -2.07. The number of anilines is 1. The Kier molecular flexibility index (Phi) is 6.23. The Morgan fingerprint density at radius 1 is 1.40 bits per heavy atom. The third-order valence-electron chi connectivity index (χ3n) is 2.69. The summed E-state index contributed by atoms with van der Waals surface area (Å²) in [6.07, 6.45) is 11.5. The lowest BCUT2D eigenvalue weighted by molar-refractivity contribution is -0.114. The molecule has 0 atom stereocenters. The highest BCUT2D eigenvalue weighted by Crippen LogP contribution is 2.18. The largest absolute Gasteiger partial charge is 0.309 e. The van der Waals surface area contributed by atoms with Crippen molar-refractivity contribution in [3.05, 3.63) is 54.8 Å². The Balaban J connectivity index is 2.94. The first kappa shape index (κ1) is 15.7. The van der Waals surface area contributed by atoms with Crippen molar-refractivity contribution in [1.29, 1.82) is 0 Å². The number of rotatable bonds is 6. The summed E-state index contributed by atoms with van der Waals surface area (Å²) in [7, 11) is 0. The van der Waals surface area contributed by atoms with E-state index in [4.69, 9.17) is 0 Å². The molecular formula is C16H21N3O. The number of carbonyl (C=O) groups excluding carboxylic acids is 1. The van der Waals surface area contributed by atoms with Crippen LogP contribution in [0.25, 0.3) is 5.57 Å². The van der Waals surface area contributed by atoms with E-state index in [1.165, 1.54) is 6.92 Å². The summed E-state index contributed by atoms with van der Waals surface area (Å²) in [6, 6.07) is 1.88. The van der Waals surface area contributed by atoms with Crippen molar-refractivity contribution < 1.29 is 4.79 Å². The van der Waals surface area contributed by atoms with Crippen molar-refractivity contribution in [2.24, 2.45) is 0 Å². The molecule has 0 saturated heterocycles. The van der Waals surface area contributed by atoms with Gasteiger partial charge in [-0.05, 0) is 19.4 Å². The molecule has 1 heterocycles. The molecule has 0 aromatic carbocycles. The minimum atomic E-state index is -0.121. The van der Waals surface area contributed by atoms with Crippen LogP contribution < -0.4 is 5.32 Å². The average molecular weight is 271 g/mol. The van der Waals surface area contributed by atoms with Crippen LogP contribution in [0.1, 0.15) is 26.5 Å². The Labute approximate surface area is 120 Å². The van der Waals surface area contributed by atoms with Gasteiger partial charge >= 0.3 is 0 Å². The number of hydrogen-bond donors (Lipinski definition) is 1. The third-order valence-corrected chi connectivity index (χ3v) is 2.69. The molecular weight excluding hydrogens is 250 g/mol. The van der Waals surface area contributed by atoms with Gasteiger partial charge in [-0.3, -0.25) is 9.48 Å². The zero-order chi connectivity index (χ0) is 15.0. The van der Waals surface area contributed by atoms with Crippen molar-refractivity contribution in [2.45, 2.75) is 27.3 Å². The monoisotopic (exact) mass is 271 g/mol. The highest BCUT2D eigenvalue weighted by atomic mass is 16.1. The Bertz CT molecular complexity index is 562. The smallest absolute Gasteiger partial charge is 0.222 e. The van der Waals surface area contributed by atoms with Crippen LogP contribution in [-0.2, 0) is 11.3 Å². The second kappa shape index (κ2) is 7.94. The molecule has 1 aromatic heterocycles. The van der Waals surface area contributed by atoms with Crippen molar-refractivity contribution in [2.75, 3.05) is 5.32 Å². The second-order valence-electron chi connectivity index (χ2n) is 4.30. The van der Waals surface area contributed by atoms with Crippen LogP contribution in [0.15, 0.2) is 49.1 Å². The molecule has 1 amide bonds. The summed E-state index contributed by atoms with van der Waals surface area (Å²) in [4.78, 5) is 11.1. The lowest BCUT2D eigenvalue weighted by Gasteiger charge is -2.03. The van der Waals surface area contributed by atoms with Gasteiger partial charge in [0.15, 0.2) is 5.82 Å². The van der Waals surface area contributed by atoms with Gasteiger partial charge in [-0.25, -0.2) is 0 Å². The molecule has 0 aliphatic carbocycles. The molecule has 1 rings (SSSR count). The summed E-state index contributed by atoms with van der Waals surface area (Å²) in [5.41, 5.74) is 2.11. The molecule has 106 valence electrons. The lowest BCUT2D eigenvalue weighted by atomic mass is 10.2. The fourth-order valence-electron chi connectivity index (χ4n) is 1.64. The zero-order valence-electron chi connectivity index (χ0n) is 12.3. The number of nitrogens with one attached hydrogen (secondary N) is 1. The summed E-state index contributed by atoms with van der Waals surface area (Å²) < 4.78 is 1.86. The first-order chi connectivity index (χ1) is 9.58. The molecule has 20 heavy (non-hydrogen) atoms. The summed E-state index contributed by atoms with van der Waals surface area (Å²) >= 11 is 0. The highest BCUT2D eigenvalue weighted by Gasteiger charge is 2.08. The Morgan fingerprint density at radius 3 is 2.75 bits per heavy atom. The molecule has 0 unspecified atom stereocenters. The maximum absolute atomic E-state index is 11.1. The molecule has 1 N–H and O–H groups in total. The van der Waals surface area contributed by atoms with Crippen molar-refractivity contribution in [3.63, 3.8) is 0 Å². The Morgan fingerprint density at radius 2 is 2.15 bits per heavy atom. The fourth-order valence-corrected chi connectivity index (χ4v) is 1.64. The summed E-state index contributed by atoms with van der Waals surface area (Å²) in [5, 5.41) is 7.09. The van der Waals surface area contributed by atoms with Gasteiger partial charge in [0, 0.05) is 13.0 Å². The number of aromatic nitrogens is 2. The zero-order valence-corrected chi connectivity index (χ0v) is 12.3. The second-order valence-corrected chi connectivity index (χ2v) is 4.30. The van der Waals surface area contributed by atoms with Gasteiger partial charge in [0.1, 0.15) is 0 Å². The standard InChI is InChI=1S/C16H21N3O/c1-5-7-8-9-10-11-19-15(13(3)6-2)12-16(18-19)17-14(4)20/h5-10,12H,1,11H2,2-4H3,(H,17,18,20)/b8-7-,10-9-,13-6+. The van der Waals surface area contributed by atoms with E-state index in [-0.39, 0.29) is 5.91 Å². The maximum Gasteiger partial charge on any atom is 0.222 e. The number of nitrogens with zero attached hydrogens (tertiary/aromatic N) is 2. The van der Waals surface area contributed by atoms with Crippen LogP contribution >= 0.6 is 0 Å². The normalized spacial score (nSPS) is 12.2. The number of allylic oxidation sites excluding steroid dienone is 7. The van der Waals surface area contributed by atoms with E-state index in [0.29, 0.717) is 12.4 Å². The molecule has 4 heteroatoms. The molecule has 0 bridgehead atoms. The molecule has 0 spiro atoms. The number of carbonyl (C=O) groups is 1. The first-order valence-corrected chi connectivity index (χ1v) is 6.51. The Hall–Kier alpha value is -2.36. The predicted octanol–water partition coefficient (Wildman–Crippen LogP) is 3.56. The van der Waals surface area contributed by atoms with E-state index in [1.54, 1.807) is 6.08 Å². The molecule has 0 saturated carbocycles. The highest BCUT2D eigenvalue weighted by molar-refractivity contribution is 5.88. The van der Waals surface area contributed by atoms with Crippen molar-refractivity contribution in [3.8, 4) is 0 Å². The van der Waals surface area contributed by atoms with E-state index in [2.05, 4.69) is 17.0 Å². The van der Waals surface area contributed by atoms with E-state index in [0.717, 1.165) is 11.3 Å². The molecule has 4 nitrogen and oxygen atoms in total. The van der Waals surface area contributed by atoms with E-state index >= 15 is 0 Å². The van der Waals surface area contributed by atoms with Crippen molar-refractivity contribution in [1.82, 2.24) is 9.78 Å². The van der Waals surface area contributed by atoms with Crippen LogP contribution in [0, 0.1) is 0 Å². The molecule has 0 radical (unpaired) electrons. The first-order valence-electron chi connectivity index (χ1n) is 6.51. The maximum atomic E-state index is 11.1. The minimum absolute atomic E-state index is 0.121. The fraction of sp³-hybridized carbons (Fsp3) is 0.250. The number of amides is 1. The van der Waals surface area contributed by atoms with Crippen LogP contribution in [0.4, 0.5) is 5.82 Å². The van der Waals surface area contributed by atoms with Crippen LogP contribution in [0.3, 0.4) is 0 Å². The SMILES string of the molecule is C=C/C=C\C=C/Cn1nc(NC(C)=O)cc1/C(C)=C/C. The topological polar surface area (TPSA) is 46.9 Å². The van der Waals surface area contributed by atoms with E-state index in [1.807, 2.05) is 55.0 Å². The van der Waals surface area contributed by atoms with Crippen LogP contribution in [-0.4, -0.2) is 15.7 Å². The minimum Gasteiger partial charge on any atom is -0.309 e. The number of hydrogen-bond acceptors (Lipinski definition) is 2. The van der Waals surface area contributed by atoms with Gasteiger partial charge < -0.3 is 5.32 Å². The predicted molar refractivity (Wildman–Crippen MR) is 84.3 cm³/mol. The van der Waals surface area contributed by atoms with Crippen LogP contribution in [0.2, 0.25) is 0 Å². The van der Waals surface area contributed by atoms with Gasteiger partial charge in [-0.2, -0.15) is 5.10 Å². The van der Waals surface area contributed by atoms with Crippen molar-refractivity contribution >= 4 is 17.3 Å². The van der Waals surface area contributed by atoms with Gasteiger partial charge in [0.2, 0.25) is 5.91 Å². The van der Waals surface area contributed by atoms with E-state index in [9.17, 15) is 4.79 Å². The third kappa shape index (κ3) is 4.72. The summed E-state index contributed by atoms with van der Waals surface area (Å²) in [5.74, 6) is 0.451. The van der Waals surface area contributed by atoms with Gasteiger partial charge in [-0.15, -0.1) is 0 Å². The van der Waals surface area contributed by atoms with E-state index < -0.39 is 0 Å². The van der Waals surface area contributed by atoms with Crippen LogP contribution in [0.5, 0.6) is 0 Å². The molecule has 0 aliphatic heterocycles. The van der Waals surface area contributed by atoms with Gasteiger partial charge in [0.25, 0.3) is 0 Å². The quantitative estimate of drug-likeness (QED) is 0.804. The van der Waals surface area contributed by atoms with Gasteiger partial charge in [-0.1, -0.05) is 43.0 Å². The summed E-state index contributed by atoms with van der Waals surface area (Å²) in [6.45, 7) is 9.72.